The van der Waals surface area contributed by atoms with Crippen LogP contribution < -0.4 is 0 Å². The van der Waals surface area contributed by atoms with E-state index in [-0.39, 0.29) is 11.7 Å². The van der Waals surface area contributed by atoms with Crippen LogP contribution in [0.15, 0.2) is 85.2 Å². The molecule has 0 aliphatic rings. The molecule has 0 bridgehead atoms. The molecule has 1 atom stereocenters. The van der Waals surface area contributed by atoms with E-state index >= 15 is 0 Å². The molecule has 0 aliphatic heterocycles. The van der Waals surface area contributed by atoms with E-state index in [1.54, 1.807) is 6.20 Å². The Morgan fingerprint density at radius 3 is 2.40 bits per heavy atom. The second-order valence-corrected chi connectivity index (χ2v) is 6.10. The molecule has 0 aliphatic carbocycles. The Morgan fingerprint density at radius 2 is 1.64 bits per heavy atom. The molecular formula is C22H18N2O. The summed E-state index contributed by atoms with van der Waals surface area (Å²) in [5.74, 6) is 0.138. The summed E-state index contributed by atoms with van der Waals surface area (Å²) in [6.07, 6.45) is 4.18. The van der Waals surface area contributed by atoms with Crippen LogP contribution in [0.5, 0.6) is 0 Å². The lowest BCUT2D eigenvalue weighted by Crippen LogP contribution is -2.09. The van der Waals surface area contributed by atoms with Crippen LogP contribution in [0.4, 0.5) is 0 Å². The molecule has 0 radical (unpaired) electrons. The first-order valence-electron chi connectivity index (χ1n) is 8.38. The number of rotatable bonds is 5. The fourth-order valence-electron chi connectivity index (χ4n) is 3.29. The second kappa shape index (κ2) is 6.73. The van der Waals surface area contributed by atoms with Gasteiger partial charge in [-0.2, -0.15) is 0 Å². The Hall–Kier alpha value is -3.20. The van der Waals surface area contributed by atoms with Crippen LogP contribution in [0.3, 0.4) is 0 Å². The third-order valence-corrected chi connectivity index (χ3v) is 4.55. The normalized spacial score (nSPS) is 12.2. The van der Waals surface area contributed by atoms with Gasteiger partial charge in [-0.3, -0.25) is 4.79 Å². The largest absolute Gasteiger partial charge is 0.346 e. The highest BCUT2D eigenvalue weighted by Crippen LogP contribution is 2.33. The zero-order chi connectivity index (χ0) is 17.1. The zero-order valence-corrected chi connectivity index (χ0v) is 13.7. The van der Waals surface area contributed by atoms with Crippen LogP contribution in [-0.4, -0.2) is 15.8 Å². The van der Waals surface area contributed by atoms with Crippen LogP contribution in [0, 0.1) is 0 Å². The van der Waals surface area contributed by atoms with Crippen LogP contribution in [0.2, 0.25) is 0 Å². The Balaban J connectivity index is 1.76. The van der Waals surface area contributed by atoms with Gasteiger partial charge in [-0.1, -0.05) is 60.7 Å². The number of nitrogens with one attached hydrogen (secondary N) is 1. The summed E-state index contributed by atoms with van der Waals surface area (Å²) in [6.45, 7) is 0. The minimum atomic E-state index is -0.00754. The fraction of sp³-hybridized carbons (Fsp3) is 0.0909. The molecular weight excluding hydrogens is 308 g/mol. The van der Waals surface area contributed by atoms with E-state index in [0.717, 1.165) is 27.7 Å². The molecule has 1 unspecified atom stereocenters. The summed E-state index contributed by atoms with van der Waals surface area (Å²) >= 11 is 0. The van der Waals surface area contributed by atoms with Crippen molar-refractivity contribution in [2.45, 2.75) is 12.3 Å². The van der Waals surface area contributed by atoms with Gasteiger partial charge in [0.1, 0.15) is 5.65 Å². The molecule has 1 N–H and O–H groups in total. The Kier molecular flexibility index (Phi) is 4.13. The lowest BCUT2D eigenvalue weighted by molar-refractivity contribution is 0.0978. The first-order chi connectivity index (χ1) is 12.3. The maximum Gasteiger partial charge on any atom is 0.163 e. The van der Waals surface area contributed by atoms with Crippen LogP contribution in [0.25, 0.3) is 11.0 Å². The minimum absolute atomic E-state index is 0.00754. The number of nitrogens with zero attached hydrogens (tertiary/aromatic N) is 1. The number of benzene rings is 2. The minimum Gasteiger partial charge on any atom is -0.346 e. The van der Waals surface area contributed by atoms with Crippen LogP contribution >= 0.6 is 0 Å². The Morgan fingerprint density at radius 1 is 0.920 bits per heavy atom. The number of H-pyrrole nitrogens is 1. The summed E-state index contributed by atoms with van der Waals surface area (Å²) < 4.78 is 0. The van der Waals surface area contributed by atoms with Gasteiger partial charge < -0.3 is 4.98 Å². The molecule has 122 valence electrons. The second-order valence-electron chi connectivity index (χ2n) is 6.10. The summed E-state index contributed by atoms with van der Waals surface area (Å²) in [5.41, 5.74) is 3.85. The predicted molar refractivity (Wildman–Crippen MR) is 99.8 cm³/mol. The van der Waals surface area contributed by atoms with Gasteiger partial charge in [-0.05, 0) is 23.3 Å². The quantitative estimate of drug-likeness (QED) is 0.526. The van der Waals surface area contributed by atoms with Gasteiger partial charge in [0.25, 0.3) is 0 Å². The number of carbonyl (C=O) groups excluding carboxylic acids is 1. The molecule has 0 saturated carbocycles. The third-order valence-electron chi connectivity index (χ3n) is 4.55. The fourth-order valence-corrected chi connectivity index (χ4v) is 3.29. The van der Waals surface area contributed by atoms with Crippen molar-refractivity contribution in [1.82, 2.24) is 9.97 Å². The highest BCUT2D eigenvalue weighted by Gasteiger charge is 2.22. The average molecular weight is 326 g/mol. The Bertz CT molecular complexity index is 990. The number of Topliss-reactive ketones (excluding diaryl/α,β-unsaturated/α-hetero) is 1. The van der Waals surface area contributed by atoms with Gasteiger partial charge in [0.2, 0.25) is 0 Å². The summed E-state index contributed by atoms with van der Waals surface area (Å²) in [7, 11) is 0. The molecule has 3 nitrogen and oxygen atoms in total. The van der Waals surface area contributed by atoms with Crippen molar-refractivity contribution in [3.05, 3.63) is 102 Å². The van der Waals surface area contributed by atoms with Crippen molar-refractivity contribution in [3.8, 4) is 0 Å². The number of fused-ring (bicyclic) bond motifs is 1. The van der Waals surface area contributed by atoms with Gasteiger partial charge >= 0.3 is 0 Å². The maximum atomic E-state index is 12.8. The first-order valence-corrected chi connectivity index (χ1v) is 8.38. The molecule has 0 saturated heterocycles. The van der Waals surface area contributed by atoms with Crippen molar-refractivity contribution in [2.75, 3.05) is 0 Å². The van der Waals surface area contributed by atoms with Crippen molar-refractivity contribution >= 4 is 16.8 Å². The molecule has 2 heterocycles. The summed E-state index contributed by atoms with van der Waals surface area (Å²) in [5, 5.41) is 1.07. The van der Waals surface area contributed by atoms with E-state index < -0.39 is 0 Å². The first kappa shape index (κ1) is 15.3. The van der Waals surface area contributed by atoms with Crippen molar-refractivity contribution in [3.63, 3.8) is 0 Å². The van der Waals surface area contributed by atoms with Gasteiger partial charge in [-0.15, -0.1) is 0 Å². The molecule has 4 aromatic rings. The number of aromatic amines is 1. The van der Waals surface area contributed by atoms with E-state index in [1.807, 2.05) is 60.8 Å². The van der Waals surface area contributed by atoms with Gasteiger partial charge in [0.05, 0.1) is 0 Å². The van der Waals surface area contributed by atoms with Gasteiger partial charge in [-0.25, -0.2) is 4.98 Å². The Labute approximate surface area is 146 Å². The van der Waals surface area contributed by atoms with E-state index in [1.165, 1.54) is 0 Å². The van der Waals surface area contributed by atoms with Crippen LogP contribution in [0.1, 0.15) is 33.8 Å². The number of hydrogen-bond donors (Lipinski definition) is 1. The molecule has 0 spiro atoms. The maximum absolute atomic E-state index is 12.8. The van der Waals surface area contributed by atoms with E-state index in [4.69, 9.17) is 0 Å². The zero-order valence-electron chi connectivity index (χ0n) is 13.7. The monoisotopic (exact) mass is 326 g/mol. The molecule has 3 heteroatoms. The van der Waals surface area contributed by atoms with Crippen molar-refractivity contribution < 1.29 is 4.79 Å². The van der Waals surface area contributed by atoms with E-state index in [2.05, 4.69) is 28.2 Å². The van der Waals surface area contributed by atoms with Gasteiger partial charge in [0, 0.05) is 35.7 Å². The summed E-state index contributed by atoms with van der Waals surface area (Å²) in [4.78, 5) is 20.4. The molecule has 2 aromatic heterocycles. The standard InChI is InChI=1S/C22H18N2O/c25-21(17-10-5-2-6-11-17)14-19(16-8-3-1-4-9-16)20-15-24-22-18(20)12-7-13-23-22/h1-13,15,19H,14H2,(H,23,24). The molecule has 0 fully saturated rings. The average Bonchev–Trinajstić information content (AvgIpc) is 3.11. The molecule has 2 aromatic carbocycles. The van der Waals surface area contributed by atoms with Crippen molar-refractivity contribution in [2.24, 2.45) is 0 Å². The van der Waals surface area contributed by atoms with Crippen molar-refractivity contribution in [1.29, 1.82) is 0 Å². The number of ketones is 1. The lowest BCUT2D eigenvalue weighted by atomic mass is 9.86. The number of carbonyl (C=O) groups is 1. The number of aromatic nitrogens is 2. The molecule has 4 rings (SSSR count). The number of hydrogen-bond acceptors (Lipinski definition) is 2. The number of pyridine rings is 1. The summed E-state index contributed by atoms with van der Waals surface area (Å²) in [6, 6.07) is 23.7. The van der Waals surface area contributed by atoms with Crippen LogP contribution in [-0.2, 0) is 0 Å². The predicted octanol–water partition coefficient (Wildman–Crippen LogP) is 4.97. The topological polar surface area (TPSA) is 45.8 Å². The smallest absolute Gasteiger partial charge is 0.163 e. The molecule has 25 heavy (non-hydrogen) atoms. The third kappa shape index (κ3) is 3.09. The molecule has 0 amide bonds. The SMILES string of the molecule is O=C(CC(c1ccccc1)c1c[nH]c2ncccc12)c1ccccc1. The highest BCUT2D eigenvalue weighted by molar-refractivity contribution is 5.97. The van der Waals surface area contributed by atoms with Gasteiger partial charge in [0.15, 0.2) is 5.78 Å². The van der Waals surface area contributed by atoms with E-state index in [0.29, 0.717) is 6.42 Å². The lowest BCUT2D eigenvalue weighted by Gasteiger charge is -2.16. The van der Waals surface area contributed by atoms with E-state index in [9.17, 15) is 4.79 Å². The highest BCUT2D eigenvalue weighted by atomic mass is 16.1.